The summed E-state index contributed by atoms with van der Waals surface area (Å²) in [7, 11) is 1.60. The number of nitrogens with zero attached hydrogens (tertiary/aromatic N) is 1. The summed E-state index contributed by atoms with van der Waals surface area (Å²) in [6.45, 7) is 0.384. The Morgan fingerprint density at radius 2 is 2.31 bits per heavy atom. The van der Waals surface area contributed by atoms with Crippen molar-refractivity contribution < 1.29 is 4.74 Å². The van der Waals surface area contributed by atoms with Gasteiger partial charge in [-0.1, -0.05) is 0 Å². The molecule has 0 heterocycles. The average Bonchev–Trinajstić information content (AvgIpc) is 2.16. The van der Waals surface area contributed by atoms with Crippen molar-refractivity contribution in [2.75, 3.05) is 7.11 Å². The van der Waals surface area contributed by atoms with Crippen LogP contribution in [0.3, 0.4) is 0 Å². The minimum atomic E-state index is 0.384. The van der Waals surface area contributed by atoms with E-state index in [1.54, 1.807) is 19.2 Å². The van der Waals surface area contributed by atoms with Crippen LogP contribution < -0.4 is 10.5 Å². The summed E-state index contributed by atoms with van der Waals surface area (Å²) >= 11 is 2.13. The van der Waals surface area contributed by atoms with Crippen molar-refractivity contribution in [1.29, 1.82) is 5.26 Å². The molecule has 1 aromatic rings. The van der Waals surface area contributed by atoms with E-state index < -0.39 is 0 Å². The summed E-state index contributed by atoms with van der Waals surface area (Å²) in [5.41, 5.74) is 7.01. The van der Waals surface area contributed by atoms with E-state index in [2.05, 4.69) is 28.7 Å². The van der Waals surface area contributed by atoms with Gasteiger partial charge in [0.05, 0.1) is 22.3 Å². The SMILES string of the molecule is COc1c(I)cc(C#N)cc1CN. The Bertz CT molecular complexity index is 357. The fraction of sp³-hybridized carbons (Fsp3) is 0.222. The second-order valence-corrected chi connectivity index (χ2v) is 3.63. The Labute approximate surface area is 90.6 Å². The largest absolute Gasteiger partial charge is 0.495 e. The number of benzene rings is 1. The zero-order chi connectivity index (χ0) is 9.84. The molecule has 0 fully saturated rings. The van der Waals surface area contributed by atoms with Gasteiger partial charge in [-0.15, -0.1) is 0 Å². The van der Waals surface area contributed by atoms with E-state index in [1.807, 2.05) is 0 Å². The molecule has 2 N–H and O–H groups in total. The molecule has 13 heavy (non-hydrogen) atoms. The first-order valence-electron chi connectivity index (χ1n) is 3.69. The van der Waals surface area contributed by atoms with Crippen LogP contribution in [0.5, 0.6) is 5.75 Å². The van der Waals surface area contributed by atoms with Crippen molar-refractivity contribution in [2.45, 2.75) is 6.54 Å². The van der Waals surface area contributed by atoms with Gasteiger partial charge in [-0.05, 0) is 34.7 Å². The first-order valence-corrected chi connectivity index (χ1v) is 4.77. The summed E-state index contributed by atoms with van der Waals surface area (Å²) in [4.78, 5) is 0. The molecule has 0 aliphatic heterocycles. The number of nitrogens with two attached hydrogens (primary N) is 1. The van der Waals surface area contributed by atoms with Crippen molar-refractivity contribution in [1.82, 2.24) is 0 Å². The molecule has 3 nitrogen and oxygen atoms in total. The van der Waals surface area contributed by atoms with Crippen LogP contribution in [-0.2, 0) is 6.54 Å². The van der Waals surface area contributed by atoms with Gasteiger partial charge < -0.3 is 10.5 Å². The molecule has 1 rings (SSSR count). The monoisotopic (exact) mass is 288 g/mol. The van der Waals surface area contributed by atoms with Gasteiger partial charge in [0, 0.05) is 12.1 Å². The van der Waals surface area contributed by atoms with Gasteiger partial charge in [0.15, 0.2) is 0 Å². The van der Waals surface area contributed by atoms with E-state index in [0.29, 0.717) is 12.1 Å². The lowest BCUT2D eigenvalue weighted by molar-refractivity contribution is 0.407. The molecule has 4 heteroatoms. The minimum absolute atomic E-state index is 0.384. The van der Waals surface area contributed by atoms with E-state index in [9.17, 15) is 0 Å². The molecular weight excluding hydrogens is 279 g/mol. The maximum Gasteiger partial charge on any atom is 0.136 e. The number of halogens is 1. The minimum Gasteiger partial charge on any atom is -0.495 e. The van der Waals surface area contributed by atoms with Gasteiger partial charge in [-0.25, -0.2) is 0 Å². The summed E-state index contributed by atoms with van der Waals surface area (Å²) in [5.74, 6) is 0.766. The number of nitriles is 1. The van der Waals surface area contributed by atoms with Crippen molar-refractivity contribution >= 4 is 22.6 Å². The van der Waals surface area contributed by atoms with Crippen LogP contribution in [0.25, 0.3) is 0 Å². The van der Waals surface area contributed by atoms with Crippen LogP contribution in [0.2, 0.25) is 0 Å². The van der Waals surface area contributed by atoms with Crippen LogP contribution in [0.15, 0.2) is 12.1 Å². The quantitative estimate of drug-likeness (QED) is 0.841. The second-order valence-electron chi connectivity index (χ2n) is 2.47. The Balaban J connectivity index is 3.31. The Morgan fingerprint density at radius 1 is 1.62 bits per heavy atom. The van der Waals surface area contributed by atoms with Crippen molar-refractivity contribution in [3.63, 3.8) is 0 Å². The third-order valence-corrected chi connectivity index (χ3v) is 2.47. The van der Waals surface area contributed by atoms with Gasteiger partial charge >= 0.3 is 0 Å². The Hall–Kier alpha value is -0.800. The number of rotatable bonds is 2. The van der Waals surface area contributed by atoms with E-state index >= 15 is 0 Å². The maximum atomic E-state index is 8.71. The van der Waals surface area contributed by atoms with Gasteiger partial charge in [-0.3, -0.25) is 0 Å². The molecule has 0 aliphatic carbocycles. The fourth-order valence-electron chi connectivity index (χ4n) is 1.10. The van der Waals surface area contributed by atoms with Crippen molar-refractivity contribution in [3.05, 3.63) is 26.8 Å². The van der Waals surface area contributed by atoms with Crippen LogP contribution in [0, 0.1) is 14.9 Å². The molecule has 68 valence electrons. The third-order valence-electron chi connectivity index (χ3n) is 1.67. The van der Waals surface area contributed by atoms with E-state index in [1.165, 1.54) is 0 Å². The van der Waals surface area contributed by atoms with Crippen LogP contribution in [0.1, 0.15) is 11.1 Å². The molecule has 0 aliphatic rings. The first kappa shape index (κ1) is 10.3. The zero-order valence-corrected chi connectivity index (χ0v) is 9.33. The molecule has 0 saturated heterocycles. The summed E-state index contributed by atoms with van der Waals surface area (Å²) in [5, 5.41) is 8.71. The Morgan fingerprint density at radius 3 is 2.77 bits per heavy atom. The molecule has 1 aromatic carbocycles. The van der Waals surface area contributed by atoms with E-state index in [4.69, 9.17) is 15.7 Å². The summed E-state index contributed by atoms with van der Waals surface area (Å²) in [6, 6.07) is 5.61. The van der Waals surface area contributed by atoms with Gasteiger partial charge in [0.1, 0.15) is 5.75 Å². The van der Waals surface area contributed by atoms with E-state index in [-0.39, 0.29) is 0 Å². The predicted molar refractivity (Wildman–Crippen MR) is 58.3 cm³/mol. The molecule has 0 spiro atoms. The number of hydrogen-bond donors (Lipinski definition) is 1. The van der Waals surface area contributed by atoms with Crippen molar-refractivity contribution in [3.8, 4) is 11.8 Å². The molecular formula is C9H9IN2O. The van der Waals surface area contributed by atoms with E-state index in [0.717, 1.165) is 14.9 Å². The van der Waals surface area contributed by atoms with Crippen LogP contribution in [-0.4, -0.2) is 7.11 Å². The topological polar surface area (TPSA) is 59.0 Å². The molecule has 0 unspecified atom stereocenters. The Kier molecular flexibility index (Phi) is 3.51. The smallest absolute Gasteiger partial charge is 0.136 e. The number of ether oxygens (including phenoxy) is 1. The lowest BCUT2D eigenvalue weighted by atomic mass is 10.1. The second kappa shape index (κ2) is 4.44. The highest BCUT2D eigenvalue weighted by atomic mass is 127. The summed E-state index contributed by atoms with van der Waals surface area (Å²) in [6.07, 6.45) is 0. The standard InChI is InChI=1S/C9H9IN2O/c1-13-9-7(5-12)2-6(4-11)3-8(9)10/h2-3H,5,12H2,1H3. The predicted octanol–water partition coefficient (Wildman–Crippen LogP) is 1.63. The molecule has 0 amide bonds. The lowest BCUT2D eigenvalue weighted by Crippen LogP contribution is -2.02. The summed E-state index contributed by atoms with van der Waals surface area (Å²) < 4.78 is 6.09. The highest BCUT2D eigenvalue weighted by Gasteiger charge is 2.07. The molecule has 0 aromatic heterocycles. The average molecular weight is 288 g/mol. The van der Waals surface area contributed by atoms with Gasteiger partial charge in [-0.2, -0.15) is 5.26 Å². The number of methoxy groups -OCH3 is 1. The molecule has 0 bridgehead atoms. The third kappa shape index (κ3) is 2.11. The highest BCUT2D eigenvalue weighted by molar-refractivity contribution is 14.1. The maximum absolute atomic E-state index is 8.71. The van der Waals surface area contributed by atoms with Gasteiger partial charge in [0.2, 0.25) is 0 Å². The van der Waals surface area contributed by atoms with Crippen LogP contribution in [0.4, 0.5) is 0 Å². The molecule has 0 radical (unpaired) electrons. The number of hydrogen-bond acceptors (Lipinski definition) is 3. The molecule has 0 atom stereocenters. The fourth-order valence-corrected chi connectivity index (χ4v) is 2.00. The zero-order valence-electron chi connectivity index (χ0n) is 7.17. The van der Waals surface area contributed by atoms with Crippen molar-refractivity contribution in [2.24, 2.45) is 5.73 Å². The first-order chi connectivity index (χ1) is 6.22. The van der Waals surface area contributed by atoms with Gasteiger partial charge in [0.25, 0.3) is 0 Å². The highest BCUT2D eigenvalue weighted by Crippen LogP contribution is 2.26. The molecule has 0 saturated carbocycles. The van der Waals surface area contributed by atoms with Crippen LogP contribution >= 0.6 is 22.6 Å². The normalized spacial score (nSPS) is 9.38. The lowest BCUT2D eigenvalue weighted by Gasteiger charge is -2.08.